The molecule has 3 aromatic carbocycles. The number of sulfonamides is 1. The molecule has 1 N–H and O–H groups in total. The van der Waals surface area contributed by atoms with Crippen LogP contribution < -0.4 is 24.3 Å². The molecule has 10 heteroatoms. The highest BCUT2D eigenvalue weighted by atomic mass is 32.2. The van der Waals surface area contributed by atoms with Gasteiger partial charge < -0.3 is 24.3 Å². The summed E-state index contributed by atoms with van der Waals surface area (Å²) in [6.07, 6.45) is 0. The average Bonchev–Trinajstić information content (AvgIpc) is 2.85. The van der Waals surface area contributed by atoms with Crippen LogP contribution in [0.5, 0.6) is 28.7 Å². The van der Waals surface area contributed by atoms with Gasteiger partial charge in [-0.2, -0.15) is 4.31 Å². The Morgan fingerprint density at radius 3 is 2.35 bits per heavy atom. The maximum Gasteiger partial charge on any atom is 0.243 e. The Hall–Kier alpha value is -3.76. The fourth-order valence-electron chi connectivity index (χ4n) is 3.29. The Morgan fingerprint density at radius 1 is 0.971 bits per heavy atom. The number of anilines is 1. The summed E-state index contributed by atoms with van der Waals surface area (Å²) in [4.78, 5) is 12.5. The number of hydrogen-bond acceptors (Lipinski definition) is 7. The van der Waals surface area contributed by atoms with Crippen LogP contribution in [0.15, 0.2) is 71.6 Å². The Bertz CT molecular complexity index is 1280. The van der Waals surface area contributed by atoms with E-state index in [1.54, 1.807) is 49.6 Å². The Morgan fingerprint density at radius 2 is 1.65 bits per heavy atom. The Kier molecular flexibility index (Phi) is 6.90. The van der Waals surface area contributed by atoms with E-state index in [-0.39, 0.29) is 11.4 Å². The number of nitrogens with zero attached hydrogens (tertiary/aromatic N) is 1. The van der Waals surface area contributed by atoms with Gasteiger partial charge in [0, 0.05) is 18.8 Å². The molecule has 1 aliphatic heterocycles. The maximum atomic E-state index is 12.9. The van der Waals surface area contributed by atoms with E-state index < -0.39 is 15.9 Å². The molecule has 9 nitrogen and oxygen atoms in total. The molecule has 1 heterocycles. The van der Waals surface area contributed by atoms with Crippen molar-refractivity contribution in [2.45, 2.75) is 4.90 Å². The third kappa shape index (κ3) is 5.24. The number of amides is 1. The summed E-state index contributed by atoms with van der Waals surface area (Å²) in [5.41, 5.74) is 0.502. The zero-order valence-corrected chi connectivity index (χ0v) is 19.5. The molecule has 0 spiro atoms. The van der Waals surface area contributed by atoms with Crippen LogP contribution in [0.4, 0.5) is 5.69 Å². The number of likely N-dealkylation sites (N-methyl/N-ethyl adjacent to an activating group) is 1. The summed E-state index contributed by atoms with van der Waals surface area (Å²) in [7, 11) is -0.998. The summed E-state index contributed by atoms with van der Waals surface area (Å²) in [5.74, 6) is 2.09. The van der Waals surface area contributed by atoms with Gasteiger partial charge >= 0.3 is 0 Å². The van der Waals surface area contributed by atoms with Crippen LogP contribution in [-0.4, -0.2) is 52.5 Å². The first-order valence-corrected chi connectivity index (χ1v) is 11.9. The molecule has 178 valence electrons. The molecule has 0 atom stereocenters. The zero-order valence-electron chi connectivity index (χ0n) is 18.7. The lowest BCUT2D eigenvalue weighted by atomic mass is 10.3. The summed E-state index contributed by atoms with van der Waals surface area (Å²) in [5, 5.41) is 2.69. The van der Waals surface area contributed by atoms with Gasteiger partial charge in [0.15, 0.2) is 23.0 Å². The molecular formula is C24H24N2O7S. The third-order valence-electron chi connectivity index (χ3n) is 5.02. The number of ether oxygens (including phenoxy) is 4. The molecule has 0 unspecified atom stereocenters. The predicted octanol–water partition coefficient (Wildman–Crippen LogP) is 3.52. The quantitative estimate of drug-likeness (QED) is 0.522. The van der Waals surface area contributed by atoms with Crippen molar-refractivity contribution < 1.29 is 32.2 Å². The van der Waals surface area contributed by atoms with Crippen LogP contribution in [0.25, 0.3) is 0 Å². The smallest absolute Gasteiger partial charge is 0.243 e. The molecule has 0 fully saturated rings. The van der Waals surface area contributed by atoms with Gasteiger partial charge in [-0.25, -0.2) is 8.42 Å². The summed E-state index contributed by atoms with van der Waals surface area (Å²) >= 11 is 0. The van der Waals surface area contributed by atoms with Crippen molar-refractivity contribution in [2.24, 2.45) is 0 Å². The SMILES string of the molecule is COc1ccccc1Oc1ccc(NC(=O)CN(C)S(=O)(=O)c2ccc3c(c2)OCCO3)cc1. The van der Waals surface area contributed by atoms with Crippen LogP contribution in [-0.2, 0) is 14.8 Å². The predicted molar refractivity (Wildman–Crippen MR) is 125 cm³/mol. The van der Waals surface area contributed by atoms with Crippen molar-refractivity contribution in [3.63, 3.8) is 0 Å². The fourth-order valence-corrected chi connectivity index (χ4v) is 4.43. The van der Waals surface area contributed by atoms with E-state index in [4.69, 9.17) is 18.9 Å². The standard InChI is InChI=1S/C24H24N2O7S/c1-26(34(28,29)19-11-12-21-23(15-19)32-14-13-31-21)16-24(27)25-17-7-9-18(10-8-17)33-22-6-4-3-5-20(22)30-2/h3-12,15H,13-14,16H2,1-2H3,(H,25,27). The first-order valence-electron chi connectivity index (χ1n) is 10.4. The van der Waals surface area contributed by atoms with E-state index in [0.29, 0.717) is 47.6 Å². The van der Waals surface area contributed by atoms with E-state index in [1.165, 1.54) is 19.2 Å². The molecule has 0 radical (unpaired) electrons. The minimum absolute atomic E-state index is 0.0184. The lowest BCUT2D eigenvalue weighted by Crippen LogP contribution is -2.35. The first-order chi connectivity index (χ1) is 16.4. The minimum Gasteiger partial charge on any atom is -0.493 e. The van der Waals surface area contributed by atoms with Gasteiger partial charge in [-0.15, -0.1) is 0 Å². The highest BCUT2D eigenvalue weighted by molar-refractivity contribution is 7.89. The topological polar surface area (TPSA) is 103 Å². The highest BCUT2D eigenvalue weighted by Crippen LogP contribution is 2.33. The van der Waals surface area contributed by atoms with Gasteiger partial charge in [0.05, 0.1) is 18.6 Å². The van der Waals surface area contributed by atoms with E-state index in [0.717, 1.165) is 4.31 Å². The van der Waals surface area contributed by atoms with E-state index in [9.17, 15) is 13.2 Å². The molecule has 0 aliphatic carbocycles. The second-order valence-corrected chi connectivity index (χ2v) is 9.44. The Balaban J connectivity index is 1.37. The monoisotopic (exact) mass is 484 g/mol. The number of para-hydroxylation sites is 2. The summed E-state index contributed by atoms with van der Waals surface area (Å²) in [6, 6.07) is 18.3. The molecule has 0 aromatic heterocycles. The first kappa shape index (κ1) is 23.4. The number of benzene rings is 3. The molecule has 3 aromatic rings. The summed E-state index contributed by atoms with van der Waals surface area (Å²) in [6.45, 7) is 0.389. The van der Waals surface area contributed by atoms with Gasteiger partial charge in [0.2, 0.25) is 15.9 Å². The number of fused-ring (bicyclic) bond motifs is 1. The Labute approximate surface area is 197 Å². The number of carbonyl (C=O) groups excluding carboxylic acids is 1. The van der Waals surface area contributed by atoms with Crippen molar-refractivity contribution >= 4 is 21.6 Å². The average molecular weight is 485 g/mol. The molecule has 0 saturated heterocycles. The number of methoxy groups -OCH3 is 1. The van der Waals surface area contributed by atoms with Crippen molar-refractivity contribution in [2.75, 3.05) is 39.2 Å². The molecule has 0 saturated carbocycles. The molecule has 1 aliphatic rings. The lowest BCUT2D eigenvalue weighted by molar-refractivity contribution is -0.116. The van der Waals surface area contributed by atoms with Crippen LogP contribution in [0.3, 0.4) is 0 Å². The number of rotatable bonds is 8. The fraction of sp³-hybridized carbons (Fsp3) is 0.208. The molecule has 1 amide bonds. The van der Waals surface area contributed by atoms with Crippen molar-refractivity contribution in [1.29, 1.82) is 0 Å². The van der Waals surface area contributed by atoms with Crippen molar-refractivity contribution in [3.8, 4) is 28.7 Å². The van der Waals surface area contributed by atoms with Crippen molar-refractivity contribution in [1.82, 2.24) is 4.31 Å². The maximum absolute atomic E-state index is 12.9. The zero-order chi connectivity index (χ0) is 24.1. The lowest BCUT2D eigenvalue weighted by Gasteiger charge is -2.21. The molecule has 0 bridgehead atoms. The van der Waals surface area contributed by atoms with E-state index in [2.05, 4.69) is 5.32 Å². The van der Waals surface area contributed by atoms with Gasteiger partial charge in [-0.05, 0) is 48.5 Å². The molecule has 4 rings (SSSR count). The second kappa shape index (κ2) is 10.0. The van der Waals surface area contributed by atoms with Crippen LogP contribution in [0, 0.1) is 0 Å². The normalized spacial score (nSPS) is 12.8. The minimum atomic E-state index is -3.90. The third-order valence-corrected chi connectivity index (χ3v) is 6.82. The molecular weight excluding hydrogens is 460 g/mol. The van der Waals surface area contributed by atoms with E-state index >= 15 is 0 Å². The van der Waals surface area contributed by atoms with Gasteiger partial charge in [0.1, 0.15) is 19.0 Å². The van der Waals surface area contributed by atoms with Crippen LogP contribution in [0.1, 0.15) is 0 Å². The van der Waals surface area contributed by atoms with Gasteiger partial charge in [-0.1, -0.05) is 12.1 Å². The van der Waals surface area contributed by atoms with Gasteiger partial charge in [0.25, 0.3) is 0 Å². The van der Waals surface area contributed by atoms with Gasteiger partial charge in [-0.3, -0.25) is 4.79 Å². The highest BCUT2D eigenvalue weighted by Gasteiger charge is 2.25. The number of nitrogens with one attached hydrogen (secondary N) is 1. The molecule has 34 heavy (non-hydrogen) atoms. The van der Waals surface area contributed by atoms with Crippen LogP contribution >= 0.6 is 0 Å². The summed E-state index contributed by atoms with van der Waals surface area (Å²) < 4.78 is 48.7. The van der Waals surface area contributed by atoms with Crippen molar-refractivity contribution in [3.05, 3.63) is 66.7 Å². The number of carbonyl (C=O) groups is 1. The van der Waals surface area contributed by atoms with Crippen LogP contribution in [0.2, 0.25) is 0 Å². The largest absolute Gasteiger partial charge is 0.493 e. The van der Waals surface area contributed by atoms with E-state index in [1.807, 2.05) is 12.1 Å². The number of hydrogen-bond donors (Lipinski definition) is 1. The second-order valence-electron chi connectivity index (χ2n) is 7.39.